The third-order valence-corrected chi connectivity index (χ3v) is 6.79. The van der Waals surface area contributed by atoms with Crippen LogP contribution < -0.4 is 4.90 Å². The number of hydrogen-bond acceptors (Lipinski definition) is 3. The fraction of sp³-hybridized carbons (Fsp3) is 0.269. The van der Waals surface area contributed by atoms with Crippen LogP contribution in [-0.4, -0.2) is 22.0 Å². The highest BCUT2D eigenvalue weighted by Crippen LogP contribution is 2.52. The minimum absolute atomic E-state index is 0.215. The zero-order chi connectivity index (χ0) is 23.8. The maximum atomic E-state index is 14.0. The van der Waals surface area contributed by atoms with Crippen molar-refractivity contribution < 1.29 is 14.7 Å². The number of piperidine rings is 1. The molecule has 1 N–H and O–H groups in total. The highest BCUT2D eigenvalue weighted by molar-refractivity contribution is 6.30. The van der Waals surface area contributed by atoms with E-state index in [-0.39, 0.29) is 18.2 Å². The number of aromatic nitrogens is 1. The molecule has 1 saturated heterocycles. The van der Waals surface area contributed by atoms with Gasteiger partial charge in [0.05, 0.1) is 17.9 Å². The van der Waals surface area contributed by atoms with Gasteiger partial charge < -0.3 is 5.11 Å². The first-order valence-corrected chi connectivity index (χ1v) is 11.4. The van der Waals surface area contributed by atoms with Crippen LogP contribution in [0.5, 0.6) is 0 Å². The van der Waals surface area contributed by atoms with E-state index in [0.717, 1.165) is 16.7 Å². The average molecular weight is 483 g/mol. The van der Waals surface area contributed by atoms with Gasteiger partial charge in [-0.25, -0.2) is 4.98 Å². The van der Waals surface area contributed by atoms with Crippen LogP contribution in [0, 0.1) is 12.3 Å². The maximum absolute atomic E-state index is 14.0. The second-order valence-electron chi connectivity index (χ2n) is 8.81. The predicted octanol–water partition coefficient (Wildman–Crippen LogP) is 6.44. The Bertz CT molecular complexity index is 1200. The van der Waals surface area contributed by atoms with Gasteiger partial charge in [0, 0.05) is 22.2 Å². The number of nitrogens with zero attached hydrogens (tertiary/aromatic N) is 2. The third-order valence-electron chi connectivity index (χ3n) is 6.30. The highest BCUT2D eigenvalue weighted by atomic mass is 35.5. The van der Waals surface area contributed by atoms with Gasteiger partial charge in [0.2, 0.25) is 5.91 Å². The number of aliphatic carboxylic acids is 1. The molecule has 1 fully saturated rings. The predicted molar refractivity (Wildman–Crippen MR) is 130 cm³/mol. The molecule has 1 unspecified atom stereocenters. The van der Waals surface area contributed by atoms with Gasteiger partial charge in [0.1, 0.15) is 5.82 Å². The Labute approximate surface area is 203 Å². The van der Waals surface area contributed by atoms with Gasteiger partial charge in [0.15, 0.2) is 0 Å². The first-order chi connectivity index (χ1) is 15.7. The summed E-state index contributed by atoms with van der Waals surface area (Å²) in [5.74, 6) is -0.970. The molecule has 1 aromatic heterocycles. The van der Waals surface area contributed by atoms with E-state index in [2.05, 4.69) is 4.98 Å². The molecule has 0 radical (unpaired) electrons. The number of halogens is 2. The van der Waals surface area contributed by atoms with Crippen molar-refractivity contribution in [3.8, 4) is 0 Å². The topological polar surface area (TPSA) is 70.5 Å². The number of carbonyl (C=O) groups is 2. The van der Waals surface area contributed by atoms with Gasteiger partial charge in [-0.1, -0.05) is 60.5 Å². The van der Waals surface area contributed by atoms with Crippen LogP contribution in [0.2, 0.25) is 10.0 Å². The number of amides is 1. The second kappa shape index (κ2) is 9.16. The third kappa shape index (κ3) is 4.61. The number of benzene rings is 2. The van der Waals surface area contributed by atoms with E-state index in [1.165, 1.54) is 0 Å². The number of pyridine rings is 1. The number of rotatable bonds is 5. The summed E-state index contributed by atoms with van der Waals surface area (Å²) >= 11 is 12.5. The summed E-state index contributed by atoms with van der Waals surface area (Å²) in [5, 5.41) is 10.8. The molecule has 5 nitrogen and oxygen atoms in total. The van der Waals surface area contributed by atoms with E-state index in [4.69, 9.17) is 23.2 Å². The van der Waals surface area contributed by atoms with Crippen LogP contribution in [0.3, 0.4) is 0 Å². The summed E-state index contributed by atoms with van der Waals surface area (Å²) in [6.45, 7) is 3.62. The number of hydrogen-bond donors (Lipinski definition) is 1. The average Bonchev–Trinajstić information content (AvgIpc) is 2.76. The van der Waals surface area contributed by atoms with Crippen LogP contribution in [-0.2, 0) is 9.59 Å². The molecule has 0 bridgehead atoms. The standard InChI is InChI=1S/C26H24Cl2N2O3/c1-16-5-4-12-29-24(16)30-23(17-8-10-19(27)11-9-17)21(18-6-3-7-20(28)13-18)14-26(2,25(30)33)15-22(31)32/h3-13,21,23H,14-15H2,1-2H3,(H,31,32)/t21?,23-,26-/m1/s1. The molecule has 3 atom stereocenters. The van der Waals surface area contributed by atoms with Crippen LogP contribution in [0.1, 0.15) is 48.4 Å². The smallest absolute Gasteiger partial charge is 0.304 e. The molecule has 0 saturated carbocycles. The summed E-state index contributed by atoms with van der Waals surface area (Å²) in [6, 6.07) is 18.2. The summed E-state index contributed by atoms with van der Waals surface area (Å²) in [4.78, 5) is 32.0. The van der Waals surface area contributed by atoms with Crippen LogP contribution >= 0.6 is 23.2 Å². The van der Waals surface area contributed by atoms with Crippen molar-refractivity contribution in [2.45, 2.75) is 38.6 Å². The quantitative estimate of drug-likeness (QED) is 0.454. The second-order valence-corrected chi connectivity index (χ2v) is 9.69. The van der Waals surface area contributed by atoms with Crippen molar-refractivity contribution in [1.29, 1.82) is 0 Å². The zero-order valence-corrected chi connectivity index (χ0v) is 19.8. The molecule has 7 heteroatoms. The Balaban J connectivity index is 1.97. The lowest BCUT2D eigenvalue weighted by molar-refractivity contribution is -0.145. The number of aryl methyl sites for hydroxylation is 1. The fourth-order valence-electron chi connectivity index (χ4n) is 4.80. The monoisotopic (exact) mass is 482 g/mol. The van der Waals surface area contributed by atoms with E-state index in [9.17, 15) is 14.7 Å². The lowest BCUT2D eigenvalue weighted by Gasteiger charge is -2.48. The Kier molecular flexibility index (Phi) is 6.46. The minimum atomic E-state index is -1.12. The molecule has 170 valence electrons. The molecular weight excluding hydrogens is 459 g/mol. The molecule has 1 aliphatic rings. The Morgan fingerprint density at radius 1 is 1.09 bits per heavy atom. The van der Waals surface area contributed by atoms with Crippen molar-refractivity contribution >= 4 is 40.9 Å². The summed E-state index contributed by atoms with van der Waals surface area (Å²) in [6.07, 6.45) is 1.72. The molecule has 2 heterocycles. The summed E-state index contributed by atoms with van der Waals surface area (Å²) in [5.41, 5.74) is 1.53. The molecule has 3 aromatic rings. The van der Waals surface area contributed by atoms with E-state index in [1.807, 2.05) is 49.4 Å². The minimum Gasteiger partial charge on any atom is -0.481 e. The first-order valence-electron chi connectivity index (χ1n) is 10.7. The lowest BCUT2D eigenvalue weighted by Crippen LogP contribution is -2.53. The summed E-state index contributed by atoms with van der Waals surface area (Å²) in [7, 11) is 0. The summed E-state index contributed by atoms with van der Waals surface area (Å²) < 4.78 is 0. The molecule has 33 heavy (non-hydrogen) atoms. The Morgan fingerprint density at radius 3 is 2.45 bits per heavy atom. The van der Waals surface area contributed by atoms with Gasteiger partial charge in [-0.2, -0.15) is 0 Å². The van der Waals surface area contributed by atoms with Crippen LogP contribution in [0.25, 0.3) is 0 Å². The van der Waals surface area contributed by atoms with Crippen molar-refractivity contribution in [1.82, 2.24) is 4.98 Å². The van der Waals surface area contributed by atoms with Crippen molar-refractivity contribution in [3.63, 3.8) is 0 Å². The van der Waals surface area contributed by atoms with E-state index in [0.29, 0.717) is 22.3 Å². The maximum Gasteiger partial charge on any atom is 0.304 e. The molecular formula is C26H24Cl2N2O3. The van der Waals surface area contributed by atoms with Crippen molar-refractivity contribution in [3.05, 3.63) is 93.6 Å². The zero-order valence-electron chi connectivity index (χ0n) is 18.3. The molecule has 1 aliphatic heterocycles. The van der Waals surface area contributed by atoms with Crippen molar-refractivity contribution in [2.75, 3.05) is 4.90 Å². The largest absolute Gasteiger partial charge is 0.481 e. The van der Waals surface area contributed by atoms with Gasteiger partial charge in [-0.3, -0.25) is 14.5 Å². The van der Waals surface area contributed by atoms with E-state index >= 15 is 0 Å². The van der Waals surface area contributed by atoms with Gasteiger partial charge >= 0.3 is 5.97 Å². The molecule has 0 aliphatic carbocycles. The van der Waals surface area contributed by atoms with E-state index < -0.39 is 17.4 Å². The SMILES string of the molecule is Cc1cccnc1N1C(=O)[C@@](C)(CC(=O)O)CC(c2cccc(Cl)c2)[C@H]1c1ccc(Cl)cc1. The molecule has 4 rings (SSSR count). The molecule has 2 aromatic carbocycles. The van der Waals surface area contributed by atoms with E-state index in [1.54, 1.807) is 36.2 Å². The Morgan fingerprint density at radius 2 is 1.82 bits per heavy atom. The highest BCUT2D eigenvalue weighted by Gasteiger charge is 2.51. The number of carboxylic acid groups (broad SMARTS) is 1. The van der Waals surface area contributed by atoms with Gasteiger partial charge in [0.25, 0.3) is 0 Å². The fourth-order valence-corrected chi connectivity index (χ4v) is 5.12. The first kappa shape index (κ1) is 23.3. The number of carbonyl (C=O) groups excluding carboxylic acids is 1. The Hall–Kier alpha value is -2.89. The van der Waals surface area contributed by atoms with Gasteiger partial charge in [-0.05, 0) is 60.4 Å². The normalized spacial score (nSPS) is 22.9. The van der Waals surface area contributed by atoms with Crippen LogP contribution in [0.4, 0.5) is 5.82 Å². The molecule has 0 spiro atoms. The molecule has 1 amide bonds. The van der Waals surface area contributed by atoms with Crippen molar-refractivity contribution in [2.24, 2.45) is 5.41 Å². The van der Waals surface area contributed by atoms with Gasteiger partial charge in [-0.15, -0.1) is 0 Å². The van der Waals surface area contributed by atoms with Crippen LogP contribution in [0.15, 0.2) is 66.9 Å². The number of anilines is 1. The number of carboxylic acids is 1. The lowest BCUT2D eigenvalue weighted by atomic mass is 9.67.